The molecule has 0 unspecified atom stereocenters. The van der Waals surface area contributed by atoms with Crippen molar-refractivity contribution in [2.24, 2.45) is 10.2 Å². The fourth-order valence-electron chi connectivity index (χ4n) is 2.04. The van der Waals surface area contributed by atoms with E-state index in [1.165, 1.54) is 6.08 Å². The molecule has 3 aromatic rings. The van der Waals surface area contributed by atoms with Crippen molar-refractivity contribution < 1.29 is 4.79 Å². The monoisotopic (exact) mass is 328 g/mol. The van der Waals surface area contributed by atoms with Crippen LogP contribution < -0.4 is 5.32 Å². The van der Waals surface area contributed by atoms with Crippen LogP contribution in [-0.2, 0) is 4.79 Å². The molecule has 1 heterocycles. The van der Waals surface area contributed by atoms with Gasteiger partial charge in [-0.05, 0) is 54.6 Å². The maximum Gasteiger partial charge on any atom is 0.248 e. The number of carbonyl (C=O) groups excluding carboxylic acids is 1. The van der Waals surface area contributed by atoms with E-state index < -0.39 is 0 Å². The SMILES string of the molecule is O=C(C=Cc1ccccn1)Nc1ccc(N=Nc2ccccc2)cc1. The van der Waals surface area contributed by atoms with Gasteiger partial charge in [0.2, 0.25) is 5.91 Å². The Morgan fingerprint density at radius 3 is 2.20 bits per heavy atom. The summed E-state index contributed by atoms with van der Waals surface area (Å²) in [6.07, 6.45) is 4.80. The normalized spacial score (nSPS) is 11.0. The number of amides is 1. The Bertz CT molecular complexity index is 873. The average Bonchev–Trinajstić information content (AvgIpc) is 2.67. The molecule has 1 aromatic heterocycles. The number of hydrogen-bond donors (Lipinski definition) is 1. The van der Waals surface area contributed by atoms with E-state index in [4.69, 9.17) is 0 Å². The molecule has 0 atom stereocenters. The zero-order valence-electron chi connectivity index (χ0n) is 13.4. The highest BCUT2D eigenvalue weighted by Crippen LogP contribution is 2.20. The molecule has 0 saturated carbocycles. The van der Waals surface area contributed by atoms with E-state index >= 15 is 0 Å². The second-order valence-electron chi connectivity index (χ2n) is 5.16. The van der Waals surface area contributed by atoms with Crippen molar-refractivity contribution in [3.63, 3.8) is 0 Å². The highest BCUT2D eigenvalue weighted by Gasteiger charge is 1.98. The molecule has 0 fully saturated rings. The minimum Gasteiger partial charge on any atom is -0.323 e. The van der Waals surface area contributed by atoms with Crippen LogP contribution in [0.1, 0.15) is 5.69 Å². The average molecular weight is 328 g/mol. The molecule has 1 amide bonds. The zero-order valence-corrected chi connectivity index (χ0v) is 13.4. The quantitative estimate of drug-likeness (QED) is 0.520. The number of azo groups is 1. The van der Waals surface area contributed by atoms with Gasteiger partial charge in [0.15, 0.2) is 0 Å². The number of nitrogens with zero attached hydrogens (tertiary/aromatic N) is 3. The van der Waals surface area contributed by atoms with E-state index in [0.717, 1.165) is 11.4 Å². The highest BCUT2D eigenvalue weighted by atomic mass is 16.1. The Labute approximate surface area is 145 Å². The summed E-state index contributed by atoms with van der Waals surface area (Å²) in [4.78, 5) is 16.0. The standard InChI is InChI=1S/C20H16N4O/c25-20(14-13-16-6-4-5-15-21-16)22-17-9-11-19(12-10-17)24-23-18-7-2-1-3-8-18/h1-15H,(H,22,25). The molecule has 5 heteroatoms. The second kappa shape index (κ2) is 8.31. The molecule has 0 aliphatic heterocycles. The number of aromatic nitrogens is 1. The van der Waals surface area contributed by atoms with Crippen molar-refractivity contribution in [2.45, 2.75) is 0 Å². The number of pyridine rings is 1. The number of hydrogen-bond acceptors (Lipinski definition) is 4. The van der Waals surface area contributed by atoms with Crippen molar-refractivity contribution in [1.29, 1.82) is 0 Å². The Balaban J connectivity index is 1.58. The van der Waals surface area contributed by atoms with Gasteiger partial charge in [0.25, 0.3) is 0 Å². The van der Waals surface area contributed by atoms with Gasteiger partial charge in [-0.15, -0.1) is 0 Å². The lowest BCUT2D eigenvalue weighted by atomic mass is 10.2. The van der Waals surface area contributed by atoms with Crippen molar-refractivity contribution >= 4 is 29.0 Å². The fourth-order valence-corrected chi connectivity index (χ4v) is 2.04. The number of anilines is 1. The van der Waals surface area contributed by atoms with Gasteiger partial charge < -0.3 is 5.32 Å². The van der Waals surface area contributed by atoms with E-state index in [1.54, 1.807) is 36.5 Å². The van der Waals surface area contributed by atoms with Gasteiger partial charge >= 0.3 is 0 Å². The summed E-state index contributed by atoms with van der Waals surface area (Å²) < 4.78 is 0. The Kier molecular flexibility index (Phi) is 5.40. The molecule has 25 heavy (non-hydrogen) atoms. The van der Waals surface area contributed by atoms with Crippen molar-refractivity contribution in [1.82, 2.24) is 4.98 Å². The van der Waals surface area contributed by atoms with E-state index in [1.807, 2.05) is 48.5 Å². The van der Waals surface area contributed by atoms with Gasteiger partial charge in [-0.3, -0.25) is 9.78 Å². The third kappa shape index (κ3) is 5.21. The summed E-state index contributed by atoms with van der Waals surface area (Å²) in [5.74, 6) is -0.218. The number of benzene rings is 2. The van der Waals surface area contributed by atoms with Crippen LogP contribution in [0, 0.1) is 0 Å². The first kappa shape index (κ1) is 16.3. The molecule has 0 aliphatic rings. The highest BCUT2D eigenvalue weighted by molar-refractivity contribution is 6.01. The van der Waals surface area contributed by atoms with Crippen LogP contribution in [0.3, 0.4) is 0 Å². The van der Waals surface area contributed by atoms with Crippen LogP contribution in [0.4, 0.5) is 17.1 Å². The van der Waals surface area contributed by atoms with Crippen LogP contribution in [0.5, 0.6) is 0 Å². The lowest BCUT2D eigenvalue weighted by Crippen LogP contribution is -2.07. The largest absolute Gasteiger partial charge is 0.323 e. The minimum absolute atomic E-state index is 0.218. The van der Waals surface area contributed by atoms with Crippen LogP contribution in [-0.4, -0.2) is 10.9 Å². The molecular weight excluding hydrogens is 312 g/mol. The number of carbonyl (C=O) groups is 1. The molecule has 0 spiro atoms. The molecule has 2 aromatic carbocycles. The first-order valence-corrected chi connectivity index (χ1v) is 7.76. The first-order valence-electron chi connectivity index (χ1n) is 7.76. The molecule has 0 bridgehead atoms. The predicted molar refractivity (Wildman–Crippen MR) is 99.0 cm³/mol. The Morgan fingerprint density at radius 2 is 1.52 bits per heavy atom. The lowest BCUT2D eigenvalue weighted by molar-refractivity contribution is -0.111. The maximum absolute atomic E-state index is 11.9. The molecule has 0 saturated heterocycles. The molecule has 3 rings (SSSR count). The Hall–Kier alpha value is -3.60. The van der Waals surface area contributed by atoms with Gasteiger partial charge in [0.1, 0.15) is 0 Å². The molecule has 5 nitrogen and oxygen atoms in total. The van der Waals surface area contributed by atoms with Crippen molar-refractivity contribution in [2.75, 3.05) is 5.32 Å². The summed E-state index contributed by atoms with van der Waals surface area (Å²) in [5.41, 5.74) is 2.93. The molecule has 0 radical (unpaired) electrons. The van der Waals surface area contributed by atoms with E-state index in [-0.39, 0.29) is 5.91 Å². The fraction of sp³-hybridized carbons (Fsp3) is 0. The van der Waals surface area contributed by atoms with Crippen LogP contribution in [0.2, 0.25) is 0 Å². The van der Waals surface area contributed by atoms with Crippen molar-refractivity contribution in [3.8, 4) is 0 Å². The zero-order chi connectivity index (χ0) is 17.3. The van der Waals surface area contributed by atoms with Crippen molar-refractivity contribution in [3.05, 3.63) is 90.8 Å². The smallest absolute Gasteiger partial charge is 0.248 e. The van der Waals surface area contributed by atoms with E-state index in [9.17, 15) is 4.79 Å². The lowest BCUT2D eigenvalue weighted by Gasteiger charge is -2.02. The minimum atomic E-state index is -0.218. The molecule has 0 aliphatic carbocycles. The van der Waals surface area contributed by atoms with Gasteiger partial charge in [0, 0.05) is 18.0 Å². The van der Waals surface area contributed by atoms with Gasteiger partial charge in [0.05, 0.1) is 17.1 Å². The molecule has 1 N–H and O–H groups in total. The summed E-state index contributed by atoms with van der Waals surface area (Å²) in [7, 11) is 0. The second-order valence-corrected chi connectivity index (χ2v) is 5.16. The molecule has 122 valence electrons. The summed E-state index contributed by atoms with van der Waals surface area (Å²) in [6, 6.07) is 22.2. The third-order valence-corrected chi connectivity index (χ3v) is 3.27. The summed E-state index contributed by atoms with van der Waals surface area (Å²) in [6.45, 7) is 0. The third-order valence-electron chi connectivity index (χ3n) is 3.27. The van der Waals surface area contributed by atoms with Crippen LogP contribution in [0.15, 0.2) is 95.3 Å². The van der Waals surface area contributed by atoms with Crippen LogP contribution in [0.25, 0.3) is 6.08 Å². The molecular formula is C20H16N4O. The van der Waals surface area contributed by atoms with E-state index in [2.05, 4.69) is 20.5 Å². The Morgan fingerprint density at radius 1 is 0.840 bits per heavy atom. The first-order chi connectivity index (χ1) is 12.3. The van der Waals surface area contributed by atoms with Gasteiger partial charge in [-0.2, -0.15) is 10.2 Å². The number of nitrogens with one attached hydrogen (secondary N) is 1. The number of rotatable bonds is 5. The predicted octanol–water partition coefficient (Wildman–Crippen LogP) is 5.15. The van der Waals surface area contributed by atoms with Crippen LogP contribution >= 0.6 is 0 Å². The summed E-state index contributed by atoms with van der Waals surface area (Å²) >= 11 is 0. The van der Waals surface area contributed by atoms with E-state index in [0.29, 0.717) is 11.4 Å². The van der Waals surface area contributed by atoms with Gasteiger partial charge in [-0.1, -0.05) is 24.3 Å². The summed E-state index contributed by atoms with van der Waals surface area (Å²) in [5, 5.41) is 11.1. The van der Waals surface area contributed by atoms with Gasteiger partial charge in [-0.25, -0.2) is 0 Å². The maximum atomic E-state index is 11.9. The topological polar surface area (TPSA) is 66.7 Å².